The van der Waals surface area contributed by atoms with Gasteiger partial charge < -0.3 is 5.32 Å². The SMILES string of the molecule is Cc1cc(C)c(C2C(=O)CC(CCNC(=O)c3ncccc3F)C2=O)c(C)c1. The van der Waals surface area contributed by atoms with E-state index >= 15 is 0 Å². The summed E-state index contributed by atoms with van der Waals surface area (Å²) in [5.41, 5.74) is 3.52. The van der Waals surface area contributed by atoms with Crippen LogP contribution in [0.3, 0.4) is 0 Å². The third-order valence-electron chi connectivity index (χ3n) is 5.24. The molecule has 0 radical (unpaired) electrons. The van der Waals surface area contributed by atoms with Gasteiger partial charge in [0.05, 0.1) is 0 Å². The molecule has 0 bridgehead atoms. The van der Waals surface area contributed by atoms with Crippen LogP contribution in [0.25, 0.3) is 0 Å². The highest BCUT2D eigenvalue weighted by molar-refractivity contribution is 6.15. The maximum Gasteiger partial charge on any atom is 0.272 e. The number of halogens is 1. The predicted octanol–water partition coefficient (Wildman–Crippen LogP) is 3.21. The van der Waals surface area contributed by atoms with Gasteiger partial charge in [0.1, 0.15) is 11.7 Å². The molecule has 2 unspecified atom stereocenters. The number of rotatable bonds is 5. The number of aromatic nitrogens is 1. The number of hydrogen-bond acceptors (Lipinski definition) is 4. The largest absolute Gasteiger partial charge is 0.351 e. The molecule has 0 saturated heterocycles. The molecule has 1 fully saturated rings. The van der Waals surface area contributed by atoms with E-state index in [4.69, 9.17) is 0 Å². The van der Waals surface area contributed by atoms with Crippen molar-refractivity contribution >= 4 is 17.5 Å². The summed E-state index contributed by atoms with van der Waals surface area (Å²) in [6.45, 7) is 6.00. The number of nitrogens with zero attached hydrogens (tertiary/aromatic N) is 1. The van der Waals surface area contributed by atoms with E-state index in [2.05, 4.69) is 10.3 Å². The third kappa shape index (κ3) is 3.86. The average Bonchev–Trinajstić information content (AvgIpc) is 2.89. The Morgan fingerprint density at radius 1 is 1.21 bits per heavy atom. The van der Waals surface area contributed by atoms with Gasteiger partial charge in [-0.3, -0.25) is 14.4 Å². The first-order chi connectivity index (χ1) is 13.3. The fraction of sp³-hybridized carbons (Fsp3) is 0.364. The Labute approximate surface area is 163 Å². The smallest absolute Gasteiger partial charge is 0.272 e. The first-order valence-corrected chi connectivity index (χ1v) is 9.32. The molecule has 0 aliphatic heterocycles. The van der Waals surface area contributed by atoms with E-state index in [9.17, 15) is 18.8 Å². The lowest BCUT2D eigenvalue weighted by molar-refractivity contribution is -0.124. The second-order valence-electron chi connectivity index (χ2n) is 7.39. The fourth-order valence-corrected chi connectivity index (χ4v) is 4.05. The minimum Gasteiger partial charge on any atom is -0.351 e. The minimum absolute atomic E-state index is 0.0767. The first kappa shape index (κ1) is 19.9. The zero-order valence-corrected chi connectivity index (χ0v) is 16.2. The van der Waals surface area contributed by atoms with Gasteiger partial charge in [-0.05, 0) is 56.0 Å². The molecular formula is C22H23FN2O3. The highest BCUT2D eigenvalue weighted by Crippen LogP contribution is 2.37. The second-order valence-corrected chi connectivity index (χ2v) is 7.39. The van der Waals surface area contributed by atoms with Gasteiger partial charge in [-0.1, -0.05) is 17.7 Å². The molecule has 146 valence electrons. The van der Waals surface area contributed by atoms with Crippen molar-refractivity contribution in [1.82, 2.24) is 10.3 Å². The molecule has 2 aromatic rings. The van der Waals surface area contributed by atoms with Crippen LogP contribution in [0, 0.1) is 32.5 Å². The fourth-order valence-electron chi connectivity index (χ4n) is 4.05. The Kier molecular flexibility index (Phi) is 5.68. The molecule has 0 spiro atoms. The lowest BCUT2D eigenvalue weighted by Gasteiger charge is -2.16. The Balaban J connectivity index is 1.66. The highest BCUT2D eigenvalue weighted by atomic mass is 19.1. The number of nitrogens with one attached hydrogen (secondary N) is 1. The van der Waals surface area contributed by atoms with Crippen LogP contribution < -0.4 is 5.32 Å². The molecule has 1 aliphatic carbocycles. The summed E-state index contributed by atoms with van der Waals surface area (Å²) in [6, 6.07) is 6.54. The van der Waals surface area contributed by atoms with Crippen LogP contribution >= 0.6 is 0 Å². The number of pyridine rings is 1. The number of benzene rings is 1. The van der Waals surface area contributed by atoms with Crippen LogP contribution in [-0.4, -0.2) is 29.0 Å². The summed E-state index contributed by atoms with van der Waals surface area (Å²) >= 11 is 0. The van der Waals surface area contributed by atoms with Crippen molar-refractivity contribution in [2.45, 2.75) is 39.5 Å². The molecule has 1 saturated carbocycles. The summed E-state index contributed by atoms with van der Waals surface area (Å²) in [6.07, 6.45) is 1.85. The van der Waals surface area contributed by atoms with Gasteiger partial charge in [0.15, 0.2) is 17.3 Å². The zero-order chi connectivity index (χ0) is 20.4. The van der Waals surface area contributed by atoms with E-state index in [-0.39, 0.29) is 30.2 Å². The minimum atomic E-state index is -0.727. The average molecular weight is 382 g/mol. The summed E-state index contributed by atoms with van der Waals surface area (Å²) < 4.78 is 13.6. The zero-order valence-electron chi connectivity index (χ0n) is 16.2. The van der Waals surface area contributed by atoms with E-state index in [0.717, 1.165) is 28.3 Å². The molecule has 1 aromatic heterocycles. The number of aryl methyl sites for hydroxylation is 3. The lowest BCUT2D eigenvalue weighted by Crippen LogP contribution is -2.28. The van der Waals surface area contributed by atoms with Crippen LogP contribution in [0.15, 0.2) is 30.5 Å². The highest BCUT2D eigenvalue weighted by Gasteiger charge is 2.42. The number of carbonyl (C=O) groups excluding carboxylic acids is 3. The Morgan fingerprint density at radius 3 is 2.54 bits per heavy atom. The monoisotopic (exact) mass is 382 g/mol. The molecule has 6 heteroatoms. The van der Waals surface area contributed by atoms with Crippen LogP contribution in [-0.2, 0) is 9.59 Å². The quantitative estimate of drug-likeness (QED) is 0.806. The van der Waals surface area contributed by atoms with E-state index in [0.29, 0.717) is 6.42 Å². The number of carbonyl (C=O) groups is 3. The van der Waals surface area contributed by atoms with Crippen LogP contribution in [0.4, 0.5) is 4.39 Å². The number of amides is 1. The number of hydrogen-bond donors (Lipinski definition) is 1. The van der Waals surface area contributed by atoms with Crippen LogP contribution in [0.5, 0.6) is 0 Å². The van der Waals surface area contributed by atoms with Gasteiger partial charge in [0.2, 0.25) is 0 Å². The van der Waals surface area contributed by atoms with Crippen LogP contribution in [0.2, 0.25) is 0 Å². The van der Waals surface area contributed by atoms with Crippen molar-refractivity contribution in [2.75, 3.05) is 6.54 Å². The Morgan fingerprint density at radius 2 is 1.89 bits per heavy atom. The van der Waals surface area contributed by atoms with Crippen molar-refractivity contribution in [3.8, 4) is 0 Å². The molecule has 1 amide bonds. The van der Waals surface area contributed by atoms with Crippen molar-refractivity contribution in [1.29, 1.82) is 0 Å². The third-order valence-corrected chi connectivity index (χ3v) is 5.24. The molecule has 1 N–H and O–H groups in total. The normalized spacial score (nSPS) is 19.1. The predicted molar refractivity (Wildman–Crippen MR) is 103 cm³/mol. The molecule has 28 heavy (non-hydrogen) atoms. The number of Topliss-reactive ketones (excluding diaryl/α,β-unsaturated/α-hetero) is 2. The number of ketones is 2. The van der Waals surface area contributed by atoms with E-state index in [1.807, 2.05) is 32.9 Å². The van der Waals surface area contributed by atoms with E-state index in [1.54, 1.807) is 0 Å². The Hall–Kier alpha value is -2.89. The molecule has 2 atom stereocenters. The maximum atomic E-state index is 13.6. The van der Waals surface area contributed by atoms with Crippen molar-refractivity contribution in [2.24, 2.45) is 5.92 Å². The van der Waals surface area contributed by atoms with Gasteiger partial charge in [0.25, 0.3) is 5.91 Å². The Bertz CT molecular complexity index is 932. The van der Waals surface area contributed by atoms with Crippen molar-refractivity contribution in [3.63, 3.8) is 0 Å². The molecule has 1 aromatic carbocycles. The first-order valence-electron chi connectivity index (χ1n) is 9.32. The van der Waals surface area contributed by atoms with Gasteiger partial charge >= 0.3 is 0 Å². The topological polar surface area (TPSA) is 76.1 Å². The molecule has 5 nitrogen and oxygen atoms in total. The van der Waals surface area contributed by atoms with E-state index < -0.39 is 23.6 Å². The van der Waals surface area contributed by atoms with Gasteiger partial charge in [0, 0.05) is 25.1 Å². The summed E-state index contributed by atoms with van der Waals surface area (Å²) in [5, 5.41) is 2.58. The van der Waals surface area contributed by atoms with Gasteiger partial charge in [-0.2, -0.15) is 0 Å². The molecular weight excluding hydrogens is 359 g/mol. The summed E-state index contributed by atoms with van der Waals surface area (Å²) in [4.78, 5) is 41.2. The second kappa shape index (κ2) is 8.00. The maximum absolute atomic E-state index is 13.6. The molecule has 1 aliphatic rings. The van der Waals surface area contributed by atoms with Gasteiger partial charge in [-0.25, -0.2) is 9.37 Å². The molecule has 3 rings (SSSR count). The lowest BCUT2D eigenvalue weighted by atomic mass is 9.86. The molecule has 1 heterocycles. The van der Waals surface area contributed by atoms with Crippen LogP contribution in [0.1, 0.15) is 51.5 Å². The van der Waals surface area contributed by atoms with E-state index in [1.165, 1.54) is 12.3 Å². The van der Waals surface area contributed by atoms with Gasteiger partial charge in [-0.15, -0.1) is 0 Å². The summed E-state index contributed by atoms with van der Waals surface area (Å²) in [5.74, 6) is -2.67. The standard InChI is InChI=1S/C22H23FN2O3/c1-12-9-13(2)18(14(3)10-12)19-17(26)11-15(21(19)27)6-8-25-22(28)20-16(23)5-4-7-24-20/h4-5,7,9-10,15,19H,6,8,11H2,1-3H3,(H,25,28). The summed E-state index contributed by atoms with van der Waals surface area (Å²) in [7, 11) is 0. The van der Waals surface area contributed by atoms with Crippen molar-refractivity contribution in [3.05, 3.63) is 64.2 Å². The van der Waals surface area contributed by atoms with Crippen molar-refractivity contribution < 1.29 is 18.8 Å².